The Morgan fingerprint density at radius 2 is 1.50 bits per heavy atom. The summed E-state index contributed by atoms with van der Waals surface area (Å²) < 4.78 is 0. The van der Waals surface area contributed by atoms with E-state index in [9.17, 15) is 0 Å². The van der Waals surface area contributed by atoms with Gasteiger partial charge in [-0.25, -0.2) is 0 Å². The van der Waals surface area contributed by atoms with Gasteiger partial charge < -0.3 is 0 Å². The fourth-order valence-electron chi connectivity index (χ4n) is 3.97. The maximum absolute atomic E-state index is 2.83. The lowest BCUT2D eigenvalue weighted by atomic mass is 9.68. The highest BCUT2D eigenvalue weighted by atomic mass is 15.2. The van der Waals surface area contributed by atoms with Crippen LogP contribution in [0.4, 0.5) is 0 Å². The summed E-state index contributed by atoms with van der Waals surface area (Å²) in [6.45, 7) is 12.0. The molecule has 2 aliphatic rings. The zero-order valence-electron chi connectivity index (χ0n) is 11.8. The van der Waals surface area contributed by atoms with Crippen LogP contribution in [-0.2, 0) is 0 Å². The van der Waals surface area contributed by atoms with Crippen LogP contribution in [0.25, 0.3) is 0 Å². The Morgan fingerprint density at radius 3 is 1.88 bits per heavy atom. The number of hydrogen-bond acceptors (Lipinski definition) is 1. The Balaban J connectivity index is 2.12. The van der Waals surface area contributed by atoms with E-state index in [1.165, 1.54) is 32.1 Å². The lowest BCUT2D eigenvalue weighted by molar-refractivity contribution is -0.0348. The fourth-order valence-corrected chi connectivity index (χ4v) is 3.97. The van der Waals surface area contributed by atoms with Crippen molar-refractivity contribution < 1.29 is 0 Å². The van der Waals surface area contributed by atoms with Crippen LogP contribution in [0.3, 0.4) is 0 Å². The first-order valence-corrected chi connectivity index (χ1v) is 7.17. The van der Waals surface area contributed by atoms with Crippen LogP contribution >= 0.6 is 0 Å². The molecule has 1 nitrogen and oxygen atoms in total. The first-order chi connectivity index (χ1) is 7.39. The van der Waals surface area contributed by atoms with Crippen molar-refractivity contribution in [3.63, 3.8) is 0 Å². The molecule has 2 bridgehead atoms. The number of nitrogens with zero attached hydrogens (tertiary/aromatic N) is 1. The van der Waals surface area contributed by atoms with Crippen LogP contribution in [-0.4, -0.2) is 23.0 Å². The molecular weight excluding hydrogens is 194 g/mol. The Morgan fingerprint density at radius 1 is 1.00 bits per heavy atom. The zero-order chi connectivity index (χ0) is 11.9. The molecule has 2 rings (SSSR count). The third-order valence-corrected chi connectivity index (χ3v) is 4.85. The van der Waals surface area contributed by atoms with E-state index in [0.717, 1.165) is 24.0 Å². The summed E-state index contributed by atoms with van der Waals surface area (Å²) in [6, 6.07) is 2.52. The Kier molecular flexibility index (Phi) is 3.36. The molecule has 0 amide bonds. The van der Waals surface area contributed by atoms with E-state index in [4.69, 9.17) is 0 Å². The molecular formula is C15H29N. The summed E-state index contributed by atoms with van der Waals surface area (Å²) >= 11 is 0. The molecule has 0 aliphatic carbocycles. The van der Waals surface area contributed by atoms with E-state index in [1.807, 2.05) is 0 Å². The van der Waals surface area contributed by atoms with Gasteiger partial charge in [-0.05, 0) is 50.9 Å². The van der Waals surface area contributed by atoms with Crippen molar-refractivity contribution in [3.05, 3.63) is 0 Å². The van der Waals surface area contributed by atoms with E-state index in [0.29, 0.717) is 5.41 Å². The summed E-state index contributed by atoms with van der Waals surface area (Å²) in [5, 5.41) is 0. The first-order valence-electron chi connectivity index (χ1n) is 7.17. The smallest absolute Gasteiger partial charge is 0.0104 e. The molecule has 0 radical (unpaired) electrons. The summed E-state index contributed by atoms with van der Waals surface area (Å²) in [4.78, 5) is 2.83. The summed E-state index contributed by atoms with van der Waals surface area (Å²) in [5.41, 5.74) is 0.511. The minimum absolute atomic E-state index is 0.511. The first kappa shape index (κ1) is 12.4. The second-order valence-corrected chi connectivity index (χ2v) is 7.31. The predicted molar refractivity (Wildman–Crippen MR) is 70.6 cm³/mol. The normalized spacial score (nSPS) is 36.8. The van der Waals surface area contributed by atoms with Crippen LogP contribution in [0.15, 0.2) is 0 Å². The molecule has 0 spiro atoms. The van der Waals surface area contributed by atoms with Crippen molar-refractivity contribution in [1.82, 2.24) is 4.90 Å². The molecule has 2 saturated heterocycles. The summed E-state index contributed by atoms with van der Waals surface area (Å²) in [7, 11) is 0. The molecule has 2 fully saturated rings. The average Bonchev–Trinajstić information content (AvgIpc) is 2.13. The van der Waals surface area contributed by atoms with Crippen LogP contribution in [0.5, 0.6) is 0 Å². The molecule has 94 valence electrons. The topological polar surface area (TPSA) is 3.24 Å². The summed E-state index contributed by atoms with van der Waals surface area (Å²) in [5.74, 6) is 0.942. The van der Waals surface area contributed by atoms with Crippen molar-refractivity contribution in [2.45, 2.75) is 84.8 Å². The van der Waals surface area contributed by atoms with Crippen LogP contribution < -0.4 is 0 Å². The van der Waals surface area contributed by atoms with E-state index in [-0.39, 0.29) is 0 Å². The third-order valence-electron chi connectivity index (χ3n) is 4.85. The fraction of sp³-hybridized carbons (Fsp3) is 1.00. The number of rotatable bonds is 1. The largest absolute Gasteiger partial charge is 0.295 e. The third kappa shape index (κ3) is 2.30. The maximum Gasteiger partial charge on any atom is 0.0104 e. The van der Waals surface area contributed by atoms with E-state index in [2.05, 4.69) is 39.5 Å². The van der Waals surface area contributed by atoms with Crippen molar-refractivity contribution in [3.8, 4) is 0 Å². The van der Waals surface area contributed by atoms with E-state index in [1.54, 1.807) is 0 Å². The number of fused-ring (bicyclic) bond motifs is 2. The molecule has 0 N–H and O–H groups in total. The molecule has 0 aromatic rings. The highest BCUT2D eigenvalue weighted by Gasteiger charge is 2.42. The van der Waals surface area contributed by atoms with Gasteiger partial charge >= 0.3 is 0 Å². The number of piperidine rings is 2. The predicted octanol–water partition coefficient (Wildman–Crippen LogP) is 4.07. The molecule has 1 heteroatoms. The second-order valence-electron chi connectivity index (χ2n) is 7.31. The molecule has 16 heavy (non-hydrogen) atoms. The molecule has 0 saturated carbocycles. The minimum Gasteiger partial charge on any atom is -0.295 e. The highest BCUT2D eigenvalue weighted by molar-refractivity contribution is 4.96. The molecule has 2 aliphatic heterocycles. The van der Waals surface area contributed by atoms with Crippen molar-refractivity contribution in [1.29, 1.82) is 0 Å². The molecule has 0 aromatic heterocycles. The SMILES string of the molecule is CC(C)N1C2CCCC1CC(C(C)(C)C)C2. The summed E-state index contributed by atoms with van der Waals surface area (Å²) in [6.07, 6.45) is 7.24. The van der Waals surface area contributed by atoms with Gasteiger partial charge in [0.05, 0.1) is 0 Å². The van der Waals surface area contributed by atoms with Gasteiger partial charge in [0.25, 0.3) is 0 Å². The maximum atomic E-state index is 2.83. The monoisotopic (exact) mass is 223 g/mol. The van der Waals surface area contributed by atoms with Gasteiger partial charge in [0.2, 0.25) is 0 Å². The van der Waals surface area contributed by atoms with Gasteiger partial charge in [-0.15, -0.1) is 0 Å². The standard InChI is InChI=1S/C15H29N/c1-11(2)16-13-7-6-8-14(16)10-12(9-13)15(3,4)5/h11-14H,6-10H2,1-5H3. The molecule has 2 unspecified atom stereocenters. The van der Waals surface area contributed by atoms with Gasteiger partial charge in [0, 0.05) is 18.1 Å². The zero-order valence-corrected chi connectivity index (χ0v) is 11.8. The van der Waals surface area contributed by atoms with Gasteiger partial charge in [-0.1, -0.05) is 27.2 Å². The molecule has 0 aromatic carbocycles. The molecule has 2 heterocycles. The Bertz CT molecular complexity index is 224. The van der Waals surface area contributed by atoms with Crippen molar-refractivity contribution >= 4 is 0 Å². The van der Waals surface area contributed by atoms with Gasteiger partial charge in [-0.2, -0.15) is 0 Å². The van der Waals surface area contributed by atoms with Gasteiger partial charge in [0.1, 0.15) is 0 Å². The van der Waals surface area contributed by atoms with Gasteiger partial charge in [-0.3, -0.25) is 4.90 Å². The van der Waals surface area contributed by atoms with Crippen molar-refractivity contribution in [2.24, 2.45) is 11.3 Å². The van der Waals surface area contributed by atoms with E-state index >= 15 is 0 Å². The lowest BCUT2D eigenvalue weighted by Gasteiger charge is -2.53. The van der Waals surface area contributed by atoms with Crippen LogP contribution in [0.1, 0.15) is 66.7 Å². The molecule has 2 atom stereocenters. The average molecular weight is 223 g/mol. The lowest BCUT2D eigenvalue weighted by Crippen LogP contribution is -2.56. The minimum atomic E-state index is 0.511. The van der Waals surface area contributed by atoms with Crippen molar-refractivity contribution in [2.75, 3.05) is 0 Å². The quantitative estimate of drug-likeness (QED) is 0.647. The van der Waals surface area contributed by atoms with Crippen LogP contribution in [0.2, 0.25) is 0 Å². The number of hydrogen-bond donors (Lipinski definition) is 0. The Labute approximate surface area is 102 Å². The van der Waals surface area contributed by atoms with Gasteiger partial charge in [0.15, 0.2) is 0 Å². The van der Waals surface area contributed by atoms with E-state index < -0.39 is 0 Å². The van der Waals surface area contributed by atoms with Crippen LogP contribution in [0, 0.1) is 11.3 Å². The second kappa shape index (κ2) is 4.33. The Hall–Kier alpha value is -0.0400. The highest BCUT2D eigenvalue weighted by Crippen LogP contribution is 2.44.